The van der Waals surface area contributed by atoms with Crippen LogP contribution in [0.5, 0.6) is 0 Å². The molecule has 2 aliphatic rings. The fourth-order valence-corrected chi connectivity index (χ4v) is 3.02. The van der Waals surface area contributed by atoms with Gasteiger partial charge in [0.25, 0.3) is 5.91 Å². The highest BCUT2D eigenvalue weighted by atomic mass is 16.2. The third-order valence-electron chi connectivity index (χ3n) is 4.29. The molecule has 0 aromatic heterocycles. The Morgan fingerprint density at radius 1 is 1.17 bits per heavy atom. The minimum absolute atomic E-state index is 0.131. The molecule has 2 atom stereocenters. The highest BCUT2D eigenvalue weighted by molar-refractivity contribution is 6.05. The van der Waals surface area contributed by atoms with Crippen molar-refractivity contribution in [3.8, 4) is 0 Å². The molecule has 6 nitrogen and oxygen atoms in total. The molecule has 1 aliphatic heterocycles. The van der Waals surface area contributed by atoms with Crippen LogP contribution in [0, 0.1) is 11.8 Å². The molecule has 6 heteroatoms. The molecule has 23 heavy (non-hydrogen) atoms. The molecule has 1 N–H and O–H groups in total. The van der Waals surface area contributed by atoms with E-state index in [2.05, 4.69) is 5.43 Å². The van der Waals surface area contributed by atoms with Crippen molar-refractivity contribution in [1.82, 2.24) is 10.3 Å². The number of amides is 3. The number of rotatable bonds is 2. The first kappa shape index (κ1) is 15.3. The number of fused-ring (bicyclic) bond motifs is 1. The summed E-state index contributed by atoms with van der Waals surface area (Å²) in [6.07, 6.45) is 5.06. The van der Waals surface area contributed by atoms with Crippen molar-refractivity contribution >= 4 is 23.4 Å². The van der Waals surface area contributed by atoms with Gasteiger partial charge in [-0.25, -0.2) is 5.01 Å². The summed E-state index contributed by atoms with van der Waals surface area (Å²) in [6.45, 7) is 0. The zero-order chi connectivity index (χ0) is 16.6. The smallest absolute Gasteiger partial charge is 0.253 e. The molecule has 1 aromatic rings. The largest absolute Gasteiger partial charge is 0.345 e. The van der Waals surface area contributed by atoms with E-state index in [4.69, 9.17) is 0 Å². The summed E-state index contributed by atoms with van der Waals surface area (Å²) in [5, 5.41) is 1.27. The van der Waals surface area contributed by atoms with Gasteiger partial charge in [0.2, 0.25) is 11.8 Å². The molecule has 0 saturated carbocycles. The lowest BCUT2D eigenvalue weighted by Gasteiger charge is -2.38. The SMILES string of the molecule is CN(C)C(=O)c1cccc(N2NC(=O)[C@@H]3CC=CC[C@@H]3C2=O)c1. The quantitative estimate of drug-likeness (QED) is 0.838. The lowest BCUT2D eigenvalue weighted by molar-refractivity contribution is -0.139. The molecule has 0 radical (unpaired) electrons. The summed E-state index contributed by atoms with van der Waals surface area (Å²) in [5.74, 6) is -1.06. The molecule has 1 saturated heterocycles. The number of hydrazine groups is 1. The standard InChI is InChI=1S/C17H19N3O3/c1-19(2)16(22)11-6-5-7-12(10-11)20-17(23)14-9-4-3-8-13(14)15(21)18-20/h3-7,10,13-14H,8-9H2,1-2H3,(H,18,21)/t13-,14+/m1/s1. The Morgan fingerprint density at radius 2 is 1.87 bits per heavy atom. The zero-order valence-electron chi connectivity index (χ0n) is 13.2. The molecule has 0 bridgehead atoms. The Hall–Kier alpha value is -2.63. The average molecular weight is 313 g/mol. The Balaban J connectivity index is 1.91. The van der Waals surface area contributed by atoms with Gasteiger partial charge in [0, 0.05) is 19.7 Å². The number of nitrogens with one attached hydrogen (secondary N) is 1. The molecule has 3 rings (SSSR count). The Kier molecular flexibility index (Phi) is 3.90. The number of carbonyl (C=O) groups excluding carboxylic acids is 3. The number of hydrogen-bond donors (Lipinski definition) is 1. The fraction of sp³-hybridized carbons (Fsp3) is 0.353. The van der Waals surface area contributed by atoms with Crippen molar-refractivity contribution in [3.05, 3.63) is 42.0 Å². The summed E-state index contributed by atoms with van der Waals surface area (Å²) in [7, 11) is 3.34. The maximum atomic E-state index is 12.7. The predicted octanol–water partition coefficient (Wildman–Crippen LogP) is 1.35. The molecule has 1 aliphatic carbocycles. The van der Waals surface area contributed by atoms with Gasteiger partial charge in [-0.05, 0) is 31.0 Å². The third kappa shape index (κ3) is 2.72. The van der Waals surface area contributed by atoms with Crippen LogP contribution in [-0.2, 0) is 9.59 Å². The van der Waals surface area contributed by atoms with Crippen molar-refractivity contribution in [1.29, 1.82) is 0 Å². The van der Waals surface area contributed by atoms with Gasteiger partial charge in [-0.2, -0.15) is 0 Å². The molecular weight excluding hydrogens is 294 g/mol. The van der Waals surface area contributed by atoms with Gasteiger partial charge in [0.1, 0.15) is 0 Å². The van der Waals surface area contributed by atoms with Gasteiger partial charge in [-0.1, -0.05) is 18.2 Å². The van der Waals surface area contributed by atoms with Crippen LogP contribution in [0.2, 0.25) is 0 Å². The number of carbonyl (C=O) groups is 3. The number of hydrogen-bond acceptors (Lipinski definition) is 3. The number of benzene rings is 1. The Morgan fingerprint density at radius 3 is 2.57 bits per heavy atom. The van der Waals surface area contributed by atoms with Gasteiger partial charge in [-0.3, -0.25) is 19.8 Å². The van der Waals surface area contributed by atoms with E-state index in [0.29, 0.717) is 24.1 Å². The normalized spacial score (nSPS) is 23.3. The van der Waals surface area contributed by atoms with E-state index in [9.17, 15) is 14.4 Å². The second-order valence-electron chi connectivity index (χ2n) is 6.06. The second kappa shape index (κ2) is 5.87. The van der Waals surface area contributed by atoms with E-state index < -0.39 is 0 Å². The summed E-state index contributed by atoms with van der Waals surface area (Å²) in [4.78, 5) is 38.5. The third-order valence-corrected chi connectivity index (χ3v) is 4.29. The highest BCUT2D eigenvalue weighted by Gasteiger charge is 2.42. The minimum Gasteiger partial charge on any atom is -0.345 e. The summed E-state index contributed by atoms with van der Waals surface area (Å²) < 4.78 is 0. The predicted molar refractivity (Wildman–Crippen MR) is 85.4 cm³/mol. The van der Waals surface area contributed by atoms with E-state index in [1.54, 1.807) is 38.4 Å². The van der Waals surface area contributed by atoms with E-state index in [1.165, 1.54) is 9.91 Å². The number of anilines is 1. The maximum Gasteiger partial charge on any atom is 0.253 e. The molecule has 0 unspecified atom stereocenters. The zero-order valence-corrected chi connectivity index (χ0v) is 13.2. The lowest BCUT2D eigenvalue weighted by Crippen LogP contribution is -2.59. The van der Waals surface area contributed by atoms with Crippen molar-refractivity contribution < 1.29 is 14.4 Å². The van der Waals surface area contributed by atoms with Gasteiger partial charge in [0.05, 0.1) is 17.5 Å². The molecular formula is C17H19N3O3. The summed E-state index contributed by atoms with van der Waals surface area (Å²) in [5.41, 5.74) is 3.64. The first-order chi connectivity index (χ1) is 11.0. The van der Waals surface area contributed by atoms with Gasteiger partial charge < -0.3 is 4.90 Å². The van der Waals surface area contributed by atoms with Crippen LogP contribution in [0.4, 0.5) is 5.69 Å². The topological polar surface area (TPSA) is 69.7 Å². The molecule has 120 valence electrons. The van der Waals surface area contributed by atoms with Crippen molar-refractivity contribution in [2.24, 2.45) is 11.8 Å². The number of nitrogens with zero attached hydrogens (tertiary/aromatic N) is 2. The van der Waals surface area contributed by atoms with Crippen molar-refractivity contribution in [2.75, 3.05) is 19.1 Å². The maximum absolute atomic E-state index is 12.7. The lowest BCUT2D eigenvalue weighted by atomic mass is 9.80. The minimum atomic E-state index is -0.332. The van der Waals surface area contributed by atoms with Crippen LogP contribution in [0.15, 0.2) is 36.4 Å². The highest BCUT2D eigenvalue weighted by Crippen LogP contribution is 2.32. The van der Waals surface area contributed by atoms with E-state index in [0.717, 1.165) is 0 Å². The van der Waals surface area contributed by atoms with Gasteiger partial charge in [-0.15, -0.1) is 0 Å². The molecule has 0 spiro atoms. The summed E-state index contributed by atoms with van der Waals surface area (Å²) in [6, 6.07) is 6.73. The van der Waals surface area contributed by atoms with Crippen LogP contribution in [0.3, 0.4) is 0 Å². The first-order valence-electron chi connectivity index (χ1n) is 7.60. The first-order valence-corrected chi connectivity index (χ1v) is 7.60. The van der Waals surface area contributed by atoms with Crippen LogP contribution in [-0.4, -0.2) is 36.7 Å². The van der Waals surface area contributed by atoms with Crippen LogP contribution in [0.1, 0.15) is 23.2 Å². The molecule has 1 heterocycles. The monoisotopic (exact) mass is 313 g/mol. The summed E-state index contributed by atoms with van der Waals surface area (Å²) >= 11 is 0. The number of allylic oxidation sites excluding steroid dienone is 2. The van der Waals surface area contributed by atoms with E-state index in [1.807, 2.05) is 12.2 Å². The van der Waals surface area contributed by atoms with Crippen molar-refractivity contribution in [2.45, 2.75) is 12.8 Å². The van der Waals surface area contributed by atoms with E-state index >= 15 is 0 Å². The molecule has 1 fully saturated rings. The Labute approximate surface area is 134 Å². The second-order valence-corrected chi connectivity index (χ2v) is 6.06. The van der Waals surface area contributed by atoms with Gasteiger partial charge in [0.15, 0.2) is 0 Å². The van der Waals surface area contributed by atoms with Crippen LogP contribution >= 0.6 is 0 Å². The van der Waals surface area contributed by atoms with E-state index in [-0.39, 0.29) is 29.6 Å². The molecule has 3 amide bonds. The Bertz CT molecular complexity index is 696. The molecule has 1 aromatic carbocycles. The average Bonchev–Trinajstić information content (AvgIpc) is 2.57. The van der Waals surface area contributed by atoms with Crippen LogP contribution < -0.4 is 10.4 Å². The van der Waals surface area contributed by atoms with Crippen LogP contribution in [0.25, 0.3) is 0 Å². The fourth-order valence-electron chi connectivity index (χ4n) is 3.02. The van der Waals surface area contributed by atoms with Gasteiger partial charge >= 0.3 is 0 Å². The van der Waals surface area contributed by atoms with Crippen molar-refractivity contribution in [3.63, 3.8) is 0 Å².